The number of benzene rings is 1. The van der Waals surface area contributed by atoms with Gasteiger partial charge in [0.2, 0.25) is 0 Å². The van der Waals surface area contributed by atoms with Crippen molar-refractivity contribution in [1.29, 1.82) is 0 Å². The first-order valence-electron chi connectivity index (χ1n) is 9.71. The summed E-state index contributed by atoms with van der Waals surface area (Å²) in [5, 5.41) is 11.2. The molecule has 1 aromatic rings. The summed E-state index contributed by atoms with van der Waals surface area (Å²) in [5.74, 6) is -0.870. The fourth-order valence-electron chi connectivity index (χ4n) is 3.75. The number of carbonyl (C=O) groups excluding carboxylic acids is 1. The van der Waals surface area contributed by atoms with E-state index in [1.165, 1.54) is 0 Å². The fraction of sp³-hybridized carbons (Fsp3) is 0.667. The number of ether oxygens (including phenoxy) is 1. The molecular formula is C21H34INO3. The van der Waals surface area contributed by atoms with E-state index in [1.807, 2.05) is 30.3 Å². The number of carbonyl (C=O) groups is 1. The maximum absolute atomic E-state index is 12.9. The Morgan fingerprint density at radius 2 is 1.73 bits per heavy atom. The predicted octanol–water partition coefficient (Wildman–Crippen LogP) is 0.499. The van der Waals surface area contributed by atoms with Crippen molar-refractivity contribution in [2.24, 2.45) is 0 Å². The Kier molecular flexibility index (Phi) is 9.55. The number of likely N-dealkylation sites (N-methyl/N-ethyl adjacent to an activating group) is 1. The van der Waals surface area contributed by atoms with Crippen LogP contribution in [0, 0.1) is 0 Å². The molecule has 0 aromatic heterocycles. The minimum atomic E-state index is -0.982. The number of halogens is 1. The molecule has 2 rings (SSSR count). The first kappa shape index (κ1) is 23.4. The molecule has 0 radical (unpaired) electrons. The molecular weight excluding hydrogens is 441 g/mol. The monoisotopic (exact) mass is 475 g/mol. The maximum Gasteiger partial charge on any atom is 0.316 e. The van der Waals surface area contributed by atoms with Gasteiger partial charge in [-0.15, -0.1) is 0 Å². The summed E-state index contributed by atoms with van der Waals surface area (Å²) in [6.45, 7) is 7.54. The molecule has 1 N–H and O–H groups in total. The number of aliphatic hydroxyl groups is 1. The minimum absolute atomic E-state index is 0. The van der Waals surface area contributed by atoms with E-state index in [2.05, 4.69) is 20.9 Å². The highest BCUT2D eigenvalue weighted by atomic mass is 127. The van der Waals surface area contributed by atoms with E-state index < -0.39 is 11.5 Å². The first-order chi connectivity index (χ1) is 11.9. The van der Waals surface area contributed by atoms with E-state index in [9.17, 15) is 9.90 Å². The van der Waals surface area contributed by atoms with Crippen LogP contribution in [0.3, 0.4) is 0 Å². The lowest BCUT2D eigenvalue weighted by molar-refractivity contribution is -0.906. The van der Waals surface area contributed by atoms with Gasteiger partial charge in [-0.2, -0.15) is 0 Å². The molecule has 26 heavy (non-hydrogen) atoms. The highest BCUT2D eigenvalue weighted by Gasteiger charge is 2.44. The van der Waals surface area contributed by atoms with Crippen molar-refractivity contribution < 1.29 is 43.1 Å². The first-order valence-corrected chi connectivity index (χ1v) is 9.71. The van der Waals surface area contributed by atoms with Crippen LogP contribution in [-0.4, -0.2) is 54.4 Å². The lowest BCUT2D eigenvalue weighted by Gasteiger charge is -2.38. The summed E-state index contributed by atoms with van der Waals surface area (Å²) < 4.78 is 6.54. The van der Waals surface area contributed by atoms with E-state index in [1.54, 1.807) is 0 Å². The van der Waals surface area contributed by atoms with Gasteiger partial charge < -0.3 is 38.3 Å². The van der Waals surface area contributed by atoms with Crippen molar-refractivity contribution in [3.63, 3.8) is 0 Å². The third-order valence-electron chi connectivity index (χ3n) is 6.03. The molecule has 0 saturated heterocycles. The zero-order chi connectivity index (χ0) is 18.3. The summed E-state index contributed by atoms with van der Waals surface area (Å²) in [4.78, 5) is 12.9. The Hall–Kier alpha value is -0.660. The fourth-order valence-corrected chi connectivity index (χ4v) is 3.75. The minimum Gasteiger partial charge on any atom is -1.00 e. The zero-order valence-corrected chi connectivity index (χ0v) is 18.6. The van der Waals surface area contributed by atoms with Gasteiger partial charge in [-0.3, -0.25) is 4.79 Å². The van der Waals surface area contributed by atoms with E-state index in [4.69, 9.17) is 4.74 Å². The molecule has 1 aromatic carbocycles. The average molecular weight is 475 g/mol. The molecule has 1 aliphatic rings. The van der Waals surface area contributed by atoms with Crippen molar-refractivity contribution in [1.82, 2.24) is 0 Å². The maximum atomic E-state index is 12.9. The van der Waals surface area contributed by atoms with Crippen LogP contribution in [0.1, 0.15) is 57.4 Å². The van der Waals surface area contributed by atoms with Gasteiger partial charge in [0.05, 0.1) is 25.7 Å². The van der Waals surface area contributed by atoms with Crippen LogP contribution in [0.15, 0.2) is 30.3 Å². The van der Waals surface area contributed by atoms with Crippen LogP contribution in [-0.2, 0) is 9.53 Å². The Bertz CT molecular complexity index is 539. The van der Waals surface area contributed by atoms with E-state index >= 15 is 0 Å². The number of hydrogen-bond donors (Lipinski definition) is 1. The summed E-state index contributed by atoms with van der Waals surface area (Å²) in [5.41, 5.74) is -0.121. The molecule has 1 unspecified atom stereocenters. The summed E-state index contributed by atoms with van der Waals surface area (Å²) in [6.07, 6.45) is 4.39. The number of hydrogen-bond acceptors (Lipinski definition) is 3. The molecule has 0 amide bonds. The molecule has 0 spiro atoms. The van der Waals surface area contributed by atoms with Crippen molar-refractivity contribution in [3.8, 4) is 0 Å². The average Bonchev–Trinajstić information content (AvgIpc) is 2.63. The molecule has 0 heterocycles. The molecule has 1 aliphatic carbocycles. The Labute approximate surface area is 175 Å². The SMILES string of the molecule is CC[N+](C)(CC)CCOC(=O)C(c1ccccc1)C1(O)CCCCC1.[I-]. The highest BCUT2D eigenvalue weighted by molar-refractivity contribution is 5.80. The number of nitrogens with zero attached hydrogens (tertiary/aromatic N) is 1. The lowest BCUT2D eigenvalue weighted by atomic mass is 9.73. The summed E-state index contributed by atoms with van der Waals surface area (Å²) in [6, 6.07) is 9.63. The topological polar surface area (TPSA) is 46.5 Å². The van der Waals surface area contributed by atoms with E-state index in [0.29, 0.717) is 19.4 Å². The highest BCUT2D eigenvalue weighted by Crippen LogP contribution is 2.40. The molecule has 0 bridgehead atoms. The largest absolute Gasteiger partial charge is 1.00 e. The second-order valence-electron chi connectivity index (χ2n) is 7.65. The van der Waals surface area contributed by atoms with Gasteiger partial charge in [-0.1, -0.05) is 49.6 Å². The Morgan fingerprint density at radius 3 is 2.27 bits per heavy atom. The van der Waals surface area contributed by atoms with Crippen molar-refractivity contribution >= 4 is 5.97 Å². The van der Waals surface area contributed by atoms with Crippen LogP contribution >= 0.6 is 0 Å². The normalized spacial score (nSPS) is 17.8. The molecule has 1 fully saturated rings. The van der Waals surface area contributed by atoms with Gasteiger partial charge >= 0.3 is 5.97 Å². The van der Waals surface area contributed by atoms with Crippen molar-refractivity contribution in [2.45, 2.75) is 57.5 Å². The smallest absolute Gasteiger partial charge is 0.316 e. The second kappa shape index (κ2) is 10.6. The number of esters is 1. The zero-order valence-electron chi connectivity index (χ0n) is 16.4. The number of rotatable bonds is 8. The van der Waals surface area contributed by atoms with Gasteiger partial charge in [0, 0.05) is 0 Å². The third-order valence-corrected chi connectivity index (χ3v) is 6.03. The second-order valence-corrected chi connectivity index (χ2v) is 7.65. The van der Waals surface area contributed by atoms with Crippen LogP contribution in [0.25, 0.3) is 0 Å². The van der Waals surface area contributed by atoms with Crippen LogP contribution < -0.4 is 24.0 Å². The van der Waals surface area contributed by atoms with E-state index in [-0.39, 0.29) is 29.9 Å². The standard InChI is InChI=1S/C21H34NO3.HI/c1-4-22(3,5-2)16-17-25-20(23)19(18-12-8-6-9-13-18)21(24)14-10-7-11-15-21;/h6,8-9,12-13,19,24H,4-5,7,10-11,14-17H2,1-3H3;1H/q+1;/p-1. The lowest BCUT2D eigenvalue weighted by Crippen LogP contribution is -3.00. The van der Waals surface area contributed by atoms with Crippen LogP contribution in [0.2, 0.25) is 0 Å². The quantitative estimate of drug-likeness (QED) is 0.339. The van der Waals surface area contributed by atoms with Gasteiger partial charge in [0.1, 0.15) is 19.1 Å². The molecule has 4 nitrogen and oxygen atoms in total. The van der Waals surface area contributed by atoms with Crippen LogP contribution in [0.5, 0.6) is 0 Å². The molecule has 1 atom stereocenters. The third kappa shape index (κ3) is 5.92. The Balaban J connectivity index is 0.00000338. The molecule has 148 valence electrons. The van der Waals surface area contributed by atoms with Gasteiger partial charge in [0.15, 0.2) is 0 Å². The predicted molar refractivity (Wildman–Crippen MR) is 100 cm³/mol. The summed E-state index contributed by atoms with van der Waals surface area (Å²) in [7, 11) is 2.18. The van der Waals surface area contributed by atoms with Gasteiger partial charge in [-0.25, -0.2) is 0 Å². The van der Waals surface area contributed by atoms with Crippen molar-refractivity contribution in [3.05, 3.63) is 35.9 Å². The number of quaternary nitrogens is 1. The van der Waals surface area contributed by atoms with Crippen molar-refractivity contribution in [2.75, 3.05) is 33.3 Å². The van der Waals surface area contributed by atoms with Gasteiger partial charge in [0.25, 0.3) is 0 Å². The Morgan fingerprint density at radius 1 is 1.15 bits per heavy atom. The molecule has 5 heteroatoms. The molecule has 1 saturated carbocycles. The van der Waals surface area contributed by atoms with Gasteiger partial charge in [-0.05, 0) is 32.3 Å². The van der Waals surface area contributed by atoms with Crippen LogP contribution in [0.4, 0.5) is 0 Å². The summed E-state index contributed by atoms with van der Waals surface area (Å²) >= 11 is 0. The van der Waals surface area contributed by atoms with E-state index in [0.717, 1.165) is 48.9 Å². The molecule has 0 aliphatic heterocycles.